The molecule has 4 aliphatic carbocycles. The number of carbonyl (C=O) groups is 1. The van der Waals surface area contributed by atoms with E-state index < -0.39 is 5.60 Å². The Bertz CT molecular complexity index is 570. The molecular weight excluding hydrogens is 286 g/mol. The van der Waals surface area contributed by atoms with Crippen LogP contribution >= 0.6 is 0 Å². The van der Waals surface area contributed by atoms with Crippen LogP contribution in [-0.4, -0.2) is 28.6 Å². The molecule has 2 N–H and O–H groups in total. The highest BCUT2D eigenvalue weighted by molar-refractivity contribution is 5.94. The van der Waals surface area contributed by atoms with E-state index in [2.05, 4.69) is 12.2 Å². The number of carbonyl (C=O) groups excluding carboxylic acids is 1. The van der Waals surface area contributed by atoms with E-state index in [0.717, 1.165) is 31.3 Å². The molecule has 1 saturated heterocycles. The molecule has 8 atom stereocenters. The van der Waals surface area contributed by atoms with Crippen molar-refractivity contribution in [3.05, 3.63) is 11.6 Å². The maximum absolute atomic E-state index is 12.7. The summed E-state index contributed by atoms with van der Waals surface area (Å²) in [6, 6.07) is 1.02. The second kappa shape index (κ2) is 4.92. The van der Waals surface area contributed by atoms with Crippen LogP contribution in [0, 0.1) is 29.6 Å². The Hall–Kier alpha value is -0.670. The van der Waals surface area contributed by atoms with Crippen LogP contribution in [0.4, 0.5) is 0 Å². The topological polar surface area (TPSA) is 49.3 Å². The molecule has 4 fully saturated rings. The minimum Gasteiger partial charge on any atom is -0.385 e. The molecule has 3 nitrogen and oxygen atoms in total. The van der Waals surface area contributed by atoms with Gasteiger partial charge in [-0.3, -0.25) is 4.79 Å². The van der Waals surface area contributed by atoms with Gasteiger partial charge in [0.1, 0.15) is 0 Å². The molecule has 1 heterocycles. The molecule has 0 amide bonds. The normalized spacial score (nSPS) is 54.8. The van der Waals surface area contributed by atoms with Gasteiger partial charge in [0.2, 0.25) is 0 Å². The van der Waals surface area contributed by atoms with Crippen LogP contribution < -0.4 is 5.32 Å². The van der Waals surface area contributed by atoms with Crippen LogP contribution in [0.2, 0.25) is 0 Å². The van der Waals surface area contributed by atoms with Crippen LogP contribution in [0.1, 0.15) is 58.3 Å². The van der Waals surface area contributed by atoms with E-state index in [1.165, 1.54) is 25.7 Å². The number of rotatable bonds is 0. The highest BCUT2D eigenvalue weighted by atomic mass is 16.3. The summed E-state index contributed by atoms with van der Waals surface area (Å²) in [7, 11) is 0. The highest BCUT2D eigenvalue weighted by Gasteiger charge is 2.62. The molecule has 5 aliphatic rings. The van der Waals surface area contributed by atoms with Crippen molar-refractivity contribution in [3.63, 3.8) is 0 Å². The third-order valence-corrected chi connectivity index (χ3v) is 7.95. The van der Waals surface area contributed by atoms with Crippen LogP contribution in [0.5, 0.6) is 0 Å². The van der Waals surface area contributed by atoms with Gasteiger partial charge in [-0.1, -0.05) is 12.8 Å². The van der Waals surface area contributed by atoms with Crippen LogP contribution in [0.3, 0.4) is 0 Å². The number of aliphatic hydroxyl groups is 1. The van der Waals surface area contributed by atoms with E-state index in [9.17, 15) is 9.90 Å². The fourth-order valence-corrected chi connectivity index (χ4v) is 7.11. The van der Waals surface area contributed by atoms with E-state index in [-0.39, 0.29) is 5.92 Å². The van der Waals surface area contributed by atoms with Crippen molar-refractivity contribution in [2.24, 2.45) is 29.6 Å². The van der Waals surface area contributed by atoms with Gasteiger partial charge in [0.25, 0.3) is 0 Å². The average molecular weight is 315 g/mol. The third-order valence-electron chi connectivity index (χ3n) is 7.95. The van der Waals surface area contributed by atoms with Crippen molar-refractivity contribution in [3.8, 4) is 0 Å². The smallest absolute Gasteiger partial charge is 0.159 e. The zero-order valence-electron chi connectivity index (χ0n) is 14.1. The molecular formula is C20H29NO2. The molecule has 126 valence electrons. The lowest BCUT2D eigenvalue weighted by Crippen LogP contribution is -2.57. The first-order valence-corrected chi connectivity index (χ1v) is 9.82. The molecule has 0 aromatic carbocycles. The summed E-state index contributed by atoms with van der Waals surface area (Å²) in [4.78, 5) is 12.7. The zero-order valence-corrected chi connectivity index (χ0v) is 14.1. The van der Waals surface area contributed by atoms with Crippen molar-refractivity contribution >= 4 is 5.78 Å². The lowest BCUT2D eigenvalue weighted by Gasteiger charge is -2.47. The summed E-state index contributed by atoms with van der Waals surface area (Å²) in [5, 5.41) is 15.4. The van der Waals surface area contributed by atoms with Crippen LogP contribution in [0.15, 0.2) is 11.6 Å². The van der Waals surface area contributed by atoms with Crippen LogP contribution in [0.25, 0.3) is 0 Å². The van der Waals surface area contributed by atoms with E-state index in [1.54, 1.807) is 0 Å². The summed E-state index contributed by atoms with van der Waals surface area (Å²) in [5.74, 6) is 2.51. The molecule has 1 aliphatic heterocycles. The van der Waals surface area contributed by atoms with Crippen molar-refractivity contribution in [1.29, 1.82) is 0 Å². The summed E-state index contributed by atoms with van der Waals surface area (Å²) < 4.78 is 0. The van der Waals surface area contributed by atoms with Crippen LogP contribution in [-0.2, 0) is 4.79 Å². The van der Waals surface area contributed by atoms with E-state index in [4.69, 9.17) is 0 Å². The van der Waals surface area contributed by atoms with Gasteiger partial charge in [0, 0.05) is 23.9 Å². The lowest BCUT2D eigenvalue weighted by atomic mass is 9.63. The zero-order chi connectivity index (χ0) is 15.8. The van der Waals surface area contributed by atoms with Crippen molar-refractivity contribution in [1.82, 2.24) is 5.32 Å². The van der Waals surface area contributed by atoms with Crippen molar-refractivity contribution < 1.29 is 9.90 Å². The fourth-order valence-electron chi connectivity index (χ4n) is 7.11. The quantitative estimate of drug-likeness (QED) is 0.723. The van der Waals surface area contributed by atoms with Gasteiger partial charge >= 0.3 is 0 Å². The van der Waals surface area contributed by atoms with Gasteiger partial charge in [-0.2, -0.15) is 0 Å². The first-order valence-electron chi connectivity index (χ1n) is 9.82. The summed E-state index contributed by atoms with van der Waals surface area (Å²) >= 11 is 0. The first kappa shape index (κ1) is 14.7. The molecule has 3 heteroatoms. The molecule has 2 bridgehead atoms. The largest absolute Gasteiger partial charge is 0.385 e. The predicted molar refractivity (Wildman–Crippen MR) is 88.8 cm³/mol. The number of nitrogens with one attached hydrogen (secondary N) is 1. The number of piperidine rings is 1. The minimum absolute atomic E-state index is 0.259. The molecule has 5 rings (SSSR count). The Kier molecular flexibility index (Phi) is 3.13. The van der Waals surface area contributed by atoms with Gasteiger partial charge in [-0.25, -0.2) is 0 Å². The van der Waals surface area contributed by atoms with Gasteiger partial charge in [0.05, 0.1) is 5.60 Å². The maximum atomic E-state index is 12.7. The molecule has 0 aromatic rings. The SMILES string of the molecule is C[C@@H]1CC[C@H]2[C@H](C[C@@H]3C[C@@]2(O)C2=CC(=O)[C@H]4CCCC[C@@H]4[C@H]23)N1. The van der Waals surface area contributed by atoms with E-state index in [0.29, 0.717) is 41.5 Å². The van der Waals surface area contributed by atoms with Gasteiger partial charge in [-0.15, -0.1) is 0 Å². The number of hydrogen-bond acceptors (Lipinski definition) is 3. The Balaban J connectivity index is 1.57. The lowest BCUT2D eigenvalue weighted by molar-refractivity contribution is -0.122. The number of allylic oxidation sites excluding steroid dienone is 1. The standard InChI is InChI=1S/C20H29NO2/c1-11-6-7-15-17(21-11)8-12-10-20(15,23)16-9-18(22)13-4-2-3-5-14(13)19(12)16/h9,11-15,17,19,21,23H,2-8,10H2,1H3/t11-,12-,13+,14+,15+,17+,19-,20+/m1/s1. The van der Waals surface area contributed by atoms with Gasteiger partial charge in [-0.05, 0) is 74.9 Å². The first-order chi connectivity index (χ1) is 11.1. The number of fused-ring (bicyclic) bond motifs is 9. The van der Waals surface area contributed by atoms with Crippen molar-refractivity contribution in [2.75, 3.05) is 0 Å². The molecule has 23 heavy (non-hydrogen) atoms. The Morgan fingerprint density at radius 3 is 2.91 bits per heavy atom. The number of hydrogen-bond donors (Lipinski definition) is 2. The minimum atomic E-state index is -0.691. The Morgan fingerprint density at radius 1 is 1.22 bits per heavy atom. The molecule has 0 unspecified atom stereocenters. The van der Waals surface area contributed by atoms with E-state index in [1.807, 2.05) is 6.08 Å². The summed E-state index contributed by atoms with van der Waals surface area (Å²) in [5.41, 5.74) is 0.461. The summed E-state index contributed by atoms with van der Waals surface area (Å²) in [6.07, 6.45) is 11.0. The second-order valence-electron chi connectivity index (χ2n) is 9.06. The van der Waals surface area contributed by atoms with E-state index >= 15 is 0 Å². The maximum Gasteiger partial charge on any atom is 0.159 e. The van der Waals surface area contributed by atoms with Gasteiger partial charge < -0.3 is 10.4 Å². The Labute approximate surface area is 138 Å². The molecule has 0 aromatic heterocycles. The van der Waals surface area contributed by atoms with Crippen molar-refractivity contribution in [2.45, 2.75) is 76.0 Å². The van der Waals surface area contributed by atoms with Gasteiger partial charge in [0.15, 0.2) is 5.78 Å². The molecule has 3 saturated carbocycles. The third kappa shape index (κ3) is 1.93. The summed E-state index contributed by atoms with van der Waals surface area (Å²) in [6.45, 7) is 2.27. The Morgan fingerprint density at radius 2 is 2.04 bits per heavy atom. The predicted octanol–water partition coefficient (Wildman–Crippen LogP) is 2.83. The molecule has 0 radical (unpaired) electrons. The number of ketones is 1. The highest BCUT2D eigenvalue weighted by Crippen LogP contribution is 2.62. The average Bonchev–Trinajstić information content (AvgIpc) is 2.76. The molecule has 0 spiro atoms. The fraction of sp³-hybridized carbons (Fsp3) is 0.850. The monoisotopic (exact) mass is 315 g/mol. The second-order valence-corrected chi connectivity index (χ2v) is 9.06.